The van der Waals surface area contributed by atoms with Gasteiger partial charge in [-0.15, -0.1) is 0 Å². The third kappa shape index (κ3) is 7.04. The Morgan fingerprint density at radius 1 is 1.33 bits per heavy atom. The SMILES string of the molecule is CSCCON=C1CCN(c2ncc(-c3cccc(COC(=O)NC(=N)N)c3F)cn2)CC1. The fraction of sp³-hybridized carbons (Fsp3) is 0.381. The van der Waals surface area contributed by atoms with Gasteiger partial charge in [-0.25, -0.2) is 19.2 Å². The molecule has 12 heteroatoms. The Morgan fingerprint density at radius 2 is 2.06 bits per heavy atom. The van der Waals surface area contributed by atoms with Crippen molar-refractivity contribution in [2.45, 2.75) is 19.4 Å². The highest BCUT2D eigenvalue weighted by Crippen LogP contribution is 2.25. The quantitative estimate of drug-likeness (QED) is 0.229. The normalized spacial score (nSPS) is 13.4. The lowest BCUT2D eigenvalue weighted by atomic mass is 10.1. The molecular formula is C21H26FN7O3S. The van der Waals surface area contributed by atoms with Gasteiger partial charge in [-0.2, -0.15) is 11.8 Å². The zero-order valence-electron chi connectivity index (χ0n) is 18.2. The van der Waals surface area contributed by atoms with Crippen molar-refractivity contribution < 1.29 is 18.8 Å². The second-order valence-corrected chi connectivity index (χ2v) is 8.12. The van der Waals surface area contributed by atoms with E-state index in [1.54, 1.807) is 36.3 Å². The zero-order chi connectivity index (χ0) is 23.6. The minimum atomic E-state index is -0.929. The van der Waals surface area contributed by atoms with E-state index in [1.165, 1.54) is 6.07 Å². The van der Waals surface area contributed by atoms with Crippen LogP contribution in [-0.4, -0.2) is 59.4 Å². The molecule has 1 amide bonds. The molecule has 1 aromatic carbocycles. The molecule has 1 aromatic heterocycles. The third-order valence-electron chi connectivity index (χ3n) is 4.82. The van der Waals surface area contributed by atoms with E-state index in [2.05, 4.69) is 20.0 Å². The Morgan fingerprint density at radius 3 is 2.73 bits per heavy atom. The van der Waals surface area contributed by atoms with Gasteiger partial charge in [0.1, 0.15) is 19.0 Å². The van der Waals surface area contributed by atoms with Crippen LogP contribution in [-0.2, 0) is 16.2 Å². The number of hydrogen-bond acceptors (Lipinski definition) is 9. The number of thioether (sulfide) groups is 1. The third-order valence-corrected chi connectivity index (χ3v) is 5.39. The molecule has 1 aliphatic rings. The predicted octanol–water partition coefficient (Wildman–Crippen LogP) is 2.74. The monoisotopic (exact) mass is 475 g/mol. The van der Waals surface area contributed by atoms with Gasteiger partial charge in [-0.05, 0) is 6.26 Å². The molecule has 1 fully saturated rings. The molecule has 176 valence electrons. The molecule has 0 aliphatic carbocycles. The van der Waals surface area contributed by atoms with Crippen LogP contribution in [0.4, 0.5) is 15.1 Å². The standard InChI is InChI=1S/C21H26FN7O3S/c1-33-10-9-32-28-16-5-7-29(8-6-16)20-25-11-15(12-26-20)17-4-2-3-14(18(17)22)13-31-21(30)27-19(23)24/h2-4,11-12H,5-10,13H2,1H3,(H4,23,24,27,30). The van der Waals surface area contributed by atoms with E-state index >= 15 is 0 Å². The van der Waals surface area contributed by atoms with Crippen LogP contribution in [0.2, 0.25) is 0 Å². The summed E-state index contributed by atoms with van der Waals surface area (Å²) in [6.45, 7) is 1.76. The lowest BCUT2D eigenvalue weighted by molar-refractivity contribution is 0.143. The first-order valence-corrected chi connectivity index (χ1v) is 11.7. The molecule has 2 heterocycles. The number of hydrogen-bond donors (Lipinski definition) is 3. The second-order valence-electron chi connectivity index (χ2n) is 7.14. The number of oxime groups is 1. The summed E-state index contributed by atoms with van der Waals surface area (Å²) in [6, 6.07) is 4.76. The molecule has 2 aromatic rings. The van der Waals surface area contributed by atoms with Crippen molar-refractivity contribution in [1.29, 1.82) is 5.41 Å². The van der Waals surface area contributed by atoms with E-state index in [1.807, 2.05) is 11.6 Å². The maximum atomic E-state index is 14.9. The van der Waals surface area contributed by atoms with Crippen LogP contribution in [0.1, 0.15) is 18.4 Å². The first-order valence-electron chi connectivity index (χ1n) is 10.3. The van der Waals surface area contributed by atoms with Crippen molar-refractivity contribution in [1.82, 2.24) is 15.3 Å². The highest BCUT2D eigenvalue weighted by atomic mass is 32.2. The van der Waals surface area contributed by atoms with Crippen molar-refractivity contribution >= 4 is 35.5 Å². The van der Waals surface area contributed by atoms with Crippen molar-refractivity contribution in [3.05, 3.63) is 42.0 Å². The molecular weight excluding hydrogens is 449 g/mol. The van der Waals surface area contributed by atoms with Crippen LogP contribution in [0.3, 0.4) is 0 Å². The summed E-state index contributed by atoms with van der Waals surface area (Å²) >= 11 is 1.72. The minimum Gasteiger partial charge on any atom is -0.444 e. The average Bonchev–Trinajstić information content (AvgIpc) is 2.81. The predicted molar refractivity (Wildman–Crippen MR) is 126 cm³/mol. The van der Waals surface area contributed by atoms with Crippen molar-refractivity contribution in [3.8, 4) is 11.1 Å². The van der Waals surface area contributed by atoms with Gasteiger partial charge in [0.2, 0.25) is 5.95 Å². The molecule has 1 aliphatic heterocycles. The Balaban J connectivity index is 1.60. The number of carbonyl (C=O) groups is 1. The Bertz CT molecular complexity index is 994. The number of ether oxygens (including phenoxy) is 1. The number of carbonyl (C=O) groups excluding carboxylic acids is 1. The van der Waals surface area contributed by atoms with Gasteiger partial charge >= 0.3 is 6.09 Å². The van der Waals surface area contributed by atoms with E-state index in [-0.39, 0.29) is 12.2 Å². The molecule has 0 unspecified atom stereocenters. The molecule has 0 bridgehead atoms. The maximum Gasteiger partial charge on any atom is 0.414 e. The zero-order valence-corrected chi connectivity index (χ0v) is 19.0. The number of nitrogens with zero attached hydrogens (tertiary/aromatic N) is 4. The number of nitrogens with one attached hydrogen (secondary N) is 2. The highest BCUT2D eigenvalue weighted by molar-refractivity contribution is 7.98. The lowest BCUT2D eigenvalue weighted by Gasteiger charge is -2.27. The molecule has 0 saturated carbocycles. The smallest absolute Gasteiger partial charge is 0.414 e. The van der Waals surface area contributed by atoms with Gasteiger partial charge in [-0.3, -0.25) is 10.7 Å². The van der Waals surface area contributed by atoms with E-state index < -0.39 is 17.9 Å². The summed E-state index contributed by atoms with van der Waals surface area (Å²) in [5, 5.41) is 13.2. The van der Waals surface area contributed by atoms with Crippen LogP contribution in [0.15, 0.2) is 35.7 Å². The summed E-state index contributed by atoms with van der Waals surface area (Å²) in [6.07, 6.45) is 5.79. The van der Waals surface area contributed by atoms with Crippen molar-refractivity contribution in [2.24, 2.45) is 10.9 Å². The minimum absolute atomic E-state index is 0.179. The molecule has 0 spiro atoms. The maximum absolute atomic E-state index is 14.9. The number of halogens is 1. The van der Waals surface area contributed by atoms with E-state index in [0.29, 0.717) is 23.7 Å². The first-order chi connectivity index (χ1) is 16.0. The largest absolute Gasteiger partial charge is 0.444 e. The topological polar surface area (TPSA) is 139 Å². The van der Waals surface area contributed by atoms with Gasteiger partial charge in [0.25, 0.3) is 0 Å². The summed E-state index contributed by atoms with van der Waals surface area (Å²) in [4.78, 5) is 27.7. The van der Waals surface area contributed by atoms with Gasteiger partial charge in [-0.1, -0.05) is 23.4 Å². The number of alkyl carbamates (subject to hydrolysis) is 1. The van der Waals surface area contributed by atoms with Crippen LogP contribution in [0.5, 0.6) is 0 Å². The number of rotatable bonds is 8. The molecule has 0 atom stereocenters. The number of piperidine rings is 1. The second kappa shape index (κ2) is 12.0. The summed E-state index contributed by atoms with van der Waals surface area (Å²) < 4.78 is 19.8. The molecule has 1 saturated heterocycles. The molecule has 4 N–H and O–H groups in total. The van der Waals surface area contributed by atoms with Gasteiger partial charge in [0, 0.05) is 60.8 Å². The number of guanidine groups is 1. The van der Waals surface area contributed by atoms with Crippen LogP contribution in [0, 0.1) is 11.2 Å². The number of benzene rings is 1. The molecule has 3 rings (SSSR count). The Labute approximate surface area is 195 Å². The van der Waals surface area contributed by atoms with E-state index in [9.17, 15) is 9.18 Å². The van der Waals surface area contributed by atoms with Crippen molar-refractivity contribution in [2.75, 3.05) is 36.6 Å². The van der Waals surface area contributed by atoms with Crippen LogP contribution >= 0.6 is 11.8 Å². The summed E-state index contributed by atoms with van der Waals surface area (Å²) in [5.41, 5.74) is 7.07. The van der Waals surface area contributed by atoms with Crippen molar-refractivity contribution in [3.63, 3.8) is 0 Å². The number of nitrogens with two attached hydrogens (primary N) is 1. The Kier molecular flexibility index (Phi) is 8.81. The van der Waals surface area contributed by atoms with E-state index in [0.717, 1.165) is 37.4 Å². The average molecular weight is 476 g/mol. The van der Waals surface area contributed by atoms with Gasteiger partial charge in [0.05, 0.1) is 5.71 Å². The fourth-order valence-electron chi connectivity index (χ4n) is 3.14. The van der Waals surface area contributed by atoms with Crippen LogP contribution < -0.4 is 16.0 Å². The fourth-order valence-corrected chi connectivity index (χ4v) is 3.38. The first kappa shape index (κ1) is 24.2. The van der Waals surface area contributed by atoms with Gasteiger partial charge in [0.15, 0.2) is 5.96 Å². The highest BCUT2D eigenvalue weighted by Gasteiger charge is 2.19. The lowest BCUT2D eigenvalue weighted by Crippen LogP contribution is -2.36. The van der Waals surface area contributed by atoms with E-state index in [4.69, 9.17) is 20.7 Å². The van der Waals surface area contributed by atoms with Crippen LogP contribution in [0.25, 0.3) is 11.1 Å². The molecule has 33 heavy (non-hydrogen) atoms. The Hall–Kier alpha value is -3.41. The number of anilines is 1. The molecule has 0 radical (unpaired) electrons. The summed E-state index contributed by atoms with van der Waals surface area (Å²) in [7, 11) is 0. The summed E-state index contributed by atoms with van der Waals surface area (Å²) in [5.74, 6) is 0.393. The van der Waals surface area contributed by atoms with Gasteiger partial charge < -0.3 is 20.2 Å². The number of amides is 1. The molecule has 10 nitrogen and oxygen atoms in total. The number of aromatic nitrogens is 2.